The fourth-order valence-electron chi connectivity index (χ4n) is 3.80. The molecule has 1 aliphatic heterocycles. The predicted molar refractivity (Wildman–Crippen MR) is 108 cm³/mol. The van der Waals surface area contributed by atoms with E-state index < -0.39 is 5.60 Å². The molecule has 2 amide bonds. The van der Waals surface area contributed by atoms with E-state index in [2.05, 4.69) is 9.97 Å². The molecule has 2 N–H and O–H groups in total. The van der Waals surface area contributed by atoms with Gasteiger partial charge in [-0.1, -0.05) is 12.1 Å². The van der Waals surface area contributed by atoms with E-state index in [0.717, 1.165) is 22.3 Å². The first-order chi connectivity index (χ1) is 14.0. The minimum atomic E-state index is -1.14. The molecule has 1 saturated carbocycles. The number of aromatic amines is 1. The fraction of sp³-hybridized carbons (Fsp3) is 0.318. The van der Waals surface area contributed by atoms with Crippen molar-refractivity contribution in [3.63, 3.8) is 0 Å². The Morgan fingerprint density at radius 3 is 2.31 bits per heavy atom. The number of fused-ring (bicyclic) bond motifs is 1. The van der Waals surface area contributed by atoms with Gasteiger partial charge in [-0.15, -0.1) is 0 Å². The van der Waals surface area contributed by atoms with Crippen molar-refractivity contribution in [3.8, 4) is 11.3 Å². The second kappa shape index (κ2) is 6.70. The van der Waals surface area contributed by atoms with E-state index in [-0.39, 0.29) is 11.8 Å². The summed E-state index contributed by atoms with van der Waals surface area (Å²) in [6.45, 7) is 1.89. The van der Waals surface area contributed by atoms with E-state index in [9.17, 15) is 14.7 Å². The third-order valence-electron chi connectivity index (χ3n) is 5.81. The number of hydrogen-bond acceptors (Lipinski definition) is 4. The molecule has 0 radical (unpaired) electrons. The zero-order valence-electron chi connectivity index (χ0n) is 16.0. The van der Waals surface area contributed by atoms with Crippen molar-refractivity contribution in [2.75, 3.05) is 26.2 Å². The number of benzene rings is 1. The Kier molecular flexibility index (Phi) is 4.13. The normalized spacial score (nSPS) is 18.1. The van der Waals surface area contributed by atoms with Crippen molar-refractivity contribution < 1.29 is 14.7 Å². The zero-order valence-corrected chi connectivity index (χ0v) is 16.0. The number of nitrogens with zero attached hydrogens (tertiary/aromatic N) is 3. The van der Waals surface area contributed by atoms with Gasteiger partial charge in [0.25, 0.3) is 11.8 Å². The number of carbonyl (C=O) groups excluding carboxylic acids is 2. The summed E-state index contributed by atoms with van der Waals surface area (Å²) in [5, 5.41) is 9.99. The summed E-state index contributed by atoms with van der Waals surface area (Å²) >= 11 is 0. The molecule has 2 aliphatic rings. The van der Waals surface area contributed by atoms with Crippen molar-refractivity contribution in [2.24, 2.45) is 0 Å². The number of hydrogen-bond donors (Lipinski definition) is 2. The monoisotopic (exact) mass is 390 g/mol. The highest BCUT2D eigenvalue weighted by Crippen LogP contribution is 2.37. The Labute approximate surface area is 168 Å². The summed E-state index contributed by atoms with van der Waals surface area (Å²) < 4.78 is 0. The Bertz CT molecular complexity index is 1080. The van der Waals surface area contributed by atoms with E-state index in [1.165, 1.54) is 0 Å². The molecule has 7 heteroatoms. The lowest BCUT2D eigenvalue weighted by molar-refractivity contribution is -0.143. The minimum Gasteiger partial charge on any atom is -0.380 e. The average molecular weight is 390 g/mol. The Morgan fingerprint density at radius 1 is 0.931 bits per heavy atom. The molecular weight excluding hydrogens is 368 g/mol. The van der Waals surface area contributed by atoms with Crippen molar-refractivity contribution in [3.05, 3.63) is 54.2 Å². The number of amides is 2. The van der Waals surface area contributed by atoms with Crippen molar-refractivity contribution in [2.45, 2.75) is 18.4 Å². The zero-order chi connectivity index (χ0) is 20.0. The number of nitrogens with one attached hydrogen (secondary N) is 1. The van der Waals surface area contributed by atoms with Gasteiger partial charge in [-0.05, 0) is 43.2 Å². The summed E-state index contributed by atoms with van der Waals surface area (Å²) in [6, 6.07) is 13.4. The summed E-state index contributed by atoms with van der Waals surface area (Å²) in [5.41, 5.74) is 3.20. The summed E-state index contributed by atoms with van der Waals surface area (Å²) in [6.07, 6.45) is 2.95. The summed E-state index contributed by atoms with van der Waals surface area (Å²) in [5.74, 6) is -0.233. The predicted octanol–water partition coefficient (Wildman–Crippen LogP) is 2.04. The van der Waals surface area contributed by atoms with Crippen LogP contribution >= 0.6 is 0 Å². The van der Waals surface area contributed by atoms with Gasteiger partial charge in [-0.25, -0.2) is 4.98 Å². The smallest absolute Gasteiger partial charge is 0.254 e. The fourth-order valence-corrected chi connectivity index (χ4v) is 3.80. The highest BCUT2D eigenvalue weighted by atomic mass is 16.3. The molecule has 2 aromatic heterocycles. The van der Waals surface area contributed by atoms with Crippen LogP contribution in [-0.4, -0.2) is 68.5 Å². The van der Waals surface area contributed by atoms with Gasteiger partial charge in [0.15, 0.2) is 0 Å². The Hall–Kier alpha value is -3.19. The largest absolute Gasteiger partial charge is 0.380 e. The standard InChI is InChI=1S/C22H22N4O3/c27-20(25-11-13-26(14-12-25)21(28)22(29)8-9-22)16-3-1-15(2-4-16)17-5-6-18-19(24-17)7-10-23-18/h1-7,10,23,29H,8-9,11-14H2. The second-order valence-corrected chi connectivity index (χ2v) is 7.80. The molecule has 3 aromatic rings. The van der Waals surface area contributed by atoms with Crippen LogP contribution in [0.4, 0.5) is 0 Å². The minimum absolute atomic E-state index is 0.0390. The van der Waals surface area contributed by atoms with Crippen molar-refractivity contribution in [1.29, 1.82) is 0 Å². The van der Waals surface area contributed by atoms with E-state index >= 15 is 0 Å². The number of H-pyrrole nitrogens is 1. The average Bonchev–Trinajstić information content (AvgIpc) is 3.34. The van der Waals surface area contributed by atoms with Crippen LogP contribution in [0.2, 0.25) is 0 Å². The Balaban J connectivity index is 1.25. The molecule has 0 bridgehead atoms. The van der Waals surface area contributed by atoms with Crippen molar-refractivity contribution >= 4 is 22.8 Å². The molecule has 29 heavy (non-hydrogen) atoms. The lowest BCUT2D eigenvalue weighted by Crippen LogP contribution is -2.53. The van der Waals surface area contributed by atoms with Crippen LogP contribution in [0.3, 0.4) is 0 Å². The molecule has 1 saturated heterocycles. The number of carbonyl (C=O) groups is 2. The molecule has 3 heterocycles. The topological polar surface area (TPSA) is 89.5 Å². The van der Waals surface area contributed by atoms with E-state index in [1.807, 2.05) is 48.7 Å². The van der Waals surface area contributed by atoms with Gasteiger partial charge >= 0.3 is 0 Å². The lowest BCUT2D eigenvalue weighted by Gasteiger charge is -2.35. The first-order valence-corrected chi connectivity index (χ1v) is 9.89. The third kappa shape index (κ3) is 3.27. The molecule has 7 nitrogen and oxygen atoms in total. The maximum atomic E-state index is 12.8. The highest BCUT2D eigenvalue weighted by Gasteiger charge is 2.50. The quantitative estimate of drug-likeness (QED) is 0.716. The number of pyridine rings is 1. The van der Waals surface area contributed by atoms with Gasteiger partial charge < -0.3 is 19.9 Å². The third-order valence-corrected chi connectivity index (χ3v) is 5.81. The van der Waals surface area contributed by atoms with E-state index in [0.29, 0.717) is 44.6 Å². The van der Waals surface area contributed by atoms with Crippen LogP contribution in [0, 0.1) is 0 Å². The molecular formula is C22H22N4O3. The molecule has 148 valence electrons. The molecule has 0 unspecified atom stereocenters. The Morgan fingerprint density at radius 2 is 1.62 bits per heavy atom. The van der Waals surface area contributed by atoms with Crippen LogP contribution in [0.15, 0.2) is 48.7 Å². The number of rotatable bonds is 3. The summed E-state index contributed by atoms with van der Waals surface area (Å²) in [7, 11) is 0. The van der Waals surface area contributed by atoms with E-state index in [4.69, 9.17) is 0 Å². The first-order valence-electron chi connectivity index (χ1n) is 9.89. The second-order valence-electron chi connectivity index (χ2n) is 7.80. The molecule has 0 atom stereocenters. The SMILES string of the molecule is O=C(c1ccc(-c2ccc3[nH]ccc3n2)cc1)N1CCN(C(=O)C2(O)CC2)CC1. The van der Waals surface area contributed by atoms with Crippen LogP contribution in [0.5, 0.6) is 0 Å². The van der Waals surface area contributed by atoms with Crippen LogP contribution in [-0.2, 0) is 4.79 Å². The number of aliphatic hydroxyl groups is 1. The highest BCUT2D eigenvalue weighted by molar-refractivity contribution is 5.95. The van der Waals surface area contributed by atoms with Crippen LogP contribution in [0.1, 0.15) is 23.2 Å². The van der Waals surface area contributed by atoms with Crippen LogP contribution in [0.25, 0.3) is 22.3 Å². The van der Waals surface area contributed by atoms with Gasteiger partial charge in [-0.3, -0.25) is 9.59 Å². The van der Waals surface area contributed by atoms with Gasteiger partial charge in [0.2, 0.25) is 0 Å². The van der Waals surface area contributed by atoms with Gasteiger partial charge in [-0.2, -0.15) is 0 Å². The van der Waals surface area contributed by atoms with E-state index in [1.54, 1.807) is 9.80 Å². The van der Waals surface area contributed by atoms with Gasteiger partial charge in [0.05, 0.1) is 16.7 Å². The van der Waals surface area contributed by atoms with Gasteiger partial charge in [0, 0.05) is 43.5 Å². The maximum absolute atomic E-state index is 12.8. The van der Waals surface area contributed by atoms with Crippen LogP contribution < -0.4 is 0 Å². The van der Waals surface area contributed by atoms with Gasteiger partial charge in [0.1, 0.15) is 5.60 Å². The maximum Gasteiger partial charge on any atom is 0.254 e. The molecule has 2 fully saturated rings. The van der Waals surface area contributed by atoms with Crippen molar-refractivity contribution in [1.82, 2.24) is 19.8 Å². The molecule has 1 aromatic carbocycles. The molecule has 0 spiro atoms. The summed E-state index contributed by atoms with van der Waals surface area (Å²) in [4.78, 5) is 36.3. The lowest BCUT2D eigenvalue weighted by atomic mass is 10.1. The number of piperazine rings is 1. The molecule has 5 rings (SSSR count). The first kappa shape index (κ1) is 17.9. The number of aromatic nitrogens is 2. The molecule has 1 aliphatic carbocycles.